The van der Waals surface area contributed by atoms with E-state index in [1.807, 2.05) is 20.8 Å². The largest absolute Gasteiger partial charge is 0.369 e. The molecule has 4 unspecified atom stereocenters. The minimum atomic E-state index is -3.63. The summed E-state index contributed by atoms with van der Waals surface area (Å²) < 4.78 is 27.7. The lowest BCUT2D eigenvalue weighted by atomic mass is 9.70. The highest BCUT2D eigenvalue weighted by atomic mass is 32.2. The van der Waals surface area contributed by atoms with Crippen LogP contribution < -0.4 is 5.73 Å². The lowest BCUT2D eigenvalue weighted by molar-refractivity contribution is -0.128. The number of carbonyl (C=O) groups is 2. The Balaban J connectivity index is 1.88. The molecular weight excluding hydrogens is 328 g/mol. The van der Waals surface area contributed by atoms with Crippen molar-refractivity contribution in [2.75, 3.05) is 12.3 Å². The Kier molecular flexibility index (Phi) is 4.11. The second kappa shape index (κ2) is 5.53. The van der Waals surface area contributed by atoms with Gasteiger partial charge in [0.25, 0.3) is 0 Å². The number of primary amides is 1. The molecule has 2 saturated carbocycles. The molecule has 0 radical (unpaired) electrons. The van der Waals surface area contributed by atoms with E-state index in [2.05, 4.69) is 0 Å². The minimum absolute atomic E-state index is 0.100. The molecule has 3 aliphatic rings. The Hall–Kier alpha value is -0.950. The second-order valence-electron chi connectivity index (χ2n) is 8.52. The maximum Gasteiger partial charge on any atom is 0.221 e. The van der Waals surface area contributed by atoms with Gasteiger partial charge >= 0.3 is 0 Å². The summed E-state index contributed by atoms with van der Waals surface area (Å²) in [6.45, 7) is 6.09. The van der Waals surface area contributed by atoms with Gasteiger partial charge in [-0.15, -0.1) is 0 Å². The molecule has 0 aromatic heterocycles. The fourth-order valence-corrected chi connectivity index (χ4v) is 7.72. The molecule has 0 aromatic rings. The average molecular weight is 356 g/mol. The number of rotatable bonds is 4. The van der Waals surface area contributed by atoms with Crippen LogP contribution >= 0.6 is 0 Å². The number of amides is 1. The van der Waals surface area contributed by atoms with Crippen molar-refractivity contribution in [1.82, 2.24) is 4.31 Å². The van der Waals surface area contributed by atoms with E-state index >= 15 is 0 Å². The first-order valence-corrected chi connectivity index (χ1v) is 10.4. The fourth-order valence-electron chi connectivity index (χ4n) is 5.20. The van der Waals surface area contributed by atoms with Crippen molar-refractivity contribution in [3.63, 3.8) is 0 Å². The summed E-state index contributed by atoms with van der Waals surface area (Å²) in [5.41, 5.74) is 4.34. The van der Waals surface area contributed by atoms with Gasteiger partial charge in [-0.05, 0) is 43.9 Å². The highest BCUT2D eigenvalue weighted by molar-refractivity contribution is 7.89. The van der Waals surface area contributed by atoms with Crippen LogP contribution in [0.4, 0.5) is 0 Å². The Morgan fingerprint density at radius 3 is 2.46 bits per heavy atom. The molecule has 0 spiro atoms. The van der Waals surface area contributed by atoms with Crippen LogP contribution in [0.1, 0.15) is 52.9 Å². The number of nitrogens with two attached hydrogens (primary N) is 1. The van der Waals surface area contributed by atoms with Gasteiger partial charge in [-0.2, -0.15) is 4.31 Å². The molecule has 2 bridgehead atoms. The molecule has 1 aliphatic heterocycles. The molecule has 7 heteroatoms. The smallest absolute Gasteiger partial charge is 0.221 e. The SMILES string of the molecule is CC1CCC(C(N)=O)CN1S(=O)(=O)CC12CCC(CC1=O)C2(C)C. The number of hydrogen-bond donors (Lipinski definition) is 1. The summed E-state index contributed by atoms with van der Waals surface area (Å²) >= 11 is 0. The summed E-state index contributed by atoms with van der Waals surface area (Å²) in [7, 11) is -3.63. The lowest BCUT2D eigenvalue weighted by Gasteiger charge is -2.41. The molecule has 4 atom stereocenters. The first-order chi connectivity index (χ1) is 11.0. The van der Waals surface area contributed by atoms with Crippen molar-refractivity contribution < 1.29 is 18.0 Å². The zero-order chi connectivity index (χ0) is 17.9. The van der Waals surface area contributed by atoms with Crippen molar-refractivity contribution in [3.05, 3.63) is 0 Å². The van der Waals surface area contributed by atoms with E-state index in [4.69, 9.17) is 5.73 Å². The van der Waals surface area contributed by atoms with Crippen molar-refractivity contribution in [2.24, 2.45) is 28.4 Å². The Bertz CT molecular complexity index is 672. The van der Waals surface area contributed by atoms with Crippen molar-refractivity contribution in [3.8, 4) is 0 Å². The van der Waals surface area contributed by atoms with Gasteiger partial charge in [0, 0.05) is 24.4 Å². The average Bonchev–Trinajstić information content (AvgIpc) is 2.80. The highest BCUT2D eigenvalue weighted by Gasteiger charge is 2.65. The lowest BCUT2D eigenvalue weighted by Crippen LogP contribution is -2.53. The molecule has 2 N–H and O–H groups in total. The summed E-state index contributed by atoms with van der Waals surface area (Å²) in [5.74, 6) is -0.616. The van der Waals surface area contributed by atoms with Crippen LogP contribution in [0.25, 0.3) is 0 Å². The number of sulfonamides is 1. The molecule has 3 fully saturated rings. The third-order valence-electron chi connectivity index (χ3n) is 7.15. The van der Waals surface area contributed by atoms with Gasteiger partial charge in [0.15, 0.2) is 0 Å². The Morgan fingerprint density at radius 1 is 1.29 bits per heavy atom. The van der Waals surface area contributed by atoms with E-state index in [1.165, 1.54) is 4.31 Å². The van der Waals surface area contributed by atoms with E-state index in [0.29, 0.717) is 25.7 Å². The monoisotopic (exact) mass is 356 g/mol. The summed E-state index contributed by atoms with van der Waals surface area (Å²) in [5, 5.41) is 0. The maximum absolute atomic E-state index is 13.2. The second-order valence-corrected chi connectivity index (χ2v) is 10.4. The number of hydrogen-bond acceptors (Lipinski definition) is 4. The van der Waals surface area contributed by atoms with Crippen LogP contribution in [0.5, 0.6) is 0 Å². The van der Waals surface area contributed by atoms with E-state index in [9.17, 15) is 18.0 Å². The Labute approximate surface area is 144 Å². The molecular formula is C17H28N2O4S. The summed E-state index contributed by atoms with van der Waals surface area (Å²) in [4.78, 5) is 24.1. The number of ketones is 1. The predicted octanol–water partition coefficient (Wildman–Crippen LogP) is 1.30. The van der Waals surface area contributed by atoms with Gasteiger partial charge < -0.3 is 5.73 Å². The Morgan fingerprint density at radius 2 is 1.96 bits per heavy atom. The van der Waals surface area contributed by atoms with Crippen LogP contribution in [-0.4, -0.2) is 42.8 Å². The first kappa shape index (κ1) is 17.9. The van der Waals surface area contributed by atoms with Crippen LogP contribution in [-0.2, 0) is 19.6 Å². The topological polar surface area (TPSA) is 97.5 Å². The normalized spacial score (nSPS) is 39.3. The zero-order valence-corrected chi connectivity index (χ0v) is 15.6. The van der Waals surface area contributed by atoms with Gasteiger partial charge in [0.05, 0.1) is 11.7 Å². The standard InChI is InChI=1S/C17H28N2O4S/c1-11-4-5-12(15(18)21)9-19(11)24(22,23)10-17-7-6-13(8-14(17)20)16(17,2)3/h11-13H,4-10H2,1-3H3,(H2,18,21). The van der Waals surface area contributed by atoms with E-state index in [-0.39, 0.29) is 35.5 Å². The third kappa shape index (κ3) is 2.43. The number of fused-ring (bicyclic) bond motifs is 2. The predicted molar refractivity (Wildman–Crippen MR) is 90.4 cm³/mol. The zero-order valence-electron chi connectivity index (χ0n) is 14.7. The fraction of sp³-hybridized carbons (Fsp3) is 0.882. The van der Waals surface area contributed by atoms with Crippen molar-refractivity contribution >= 4 is 21.7 Å². The minimum Gasteiger partial charge on any atom is -0.369 e. The molecule has 1 amide bonds. The van der Waals surface area contributed by atoms with E-state index in [1.54, 1.807) is 0 Å². The number of carbonyl (C=O) groups excluding carboxylic acids is 2. The van der Waals surface area contributed by atoms with Crippen LogP contribution in [0.2, 0.25) is 0 Å². The third-order valence-corrected chi connectivity index (χ3v) is 9.23. The quantitative estimate of drug-likeness (QED) is 0.821. The molecule has 1 saturated heterocycles. The number of nitrogens with zero attached hydrogens (tertiary/aromatic N) is 1. The van der Waals surface area contributed by atoms with Crippen LogP contribution in [0, 0.1) is 22.7 Å². The molecule has 3 rings (SSSR count). The highest BCUT2D eigenvalue weighted by Crippen LogP contribution is 2.64. The van der Waals surface area contributed by atoms with E-state index < -0.39 is 27.3 Å². The molecule has 2 aliphatic carbocycles. The maximum atomic E-state index is 13.2. The molecule has 136 valence electrons. The van der Waals surface area contributed by atoms with Crippen molar-refractivity contribution in [1.29, 1.82) is 0 Å². The van der Waals surface area contributed by atoms with Gasteiger partial charge in [0.2, 0.25) is 15.9 Å². The summed E-state index contributed by atoms with van der Waals surface area (Å²) in [6, 6.07) is -0.154. The van der Waals surface area contributed by atoms with Crippen molar-refractivity contribution in [2.45, 2.75) is 58.9 Å². The molecule has 6 nitrogen and oxygen atoms in total. The number of piperidine rings is 1. The molecule has 24 heavy (non-hydrogen) atoms. The molecule has 0 aromatic carbocycles. The molecule has 1 heterocycles. The number of Topliss-reactive ketones (excluding diaryl/α,β-unsaturated/α-hetero) is 1. The van der Waals surface area contributed by atoms with Crippen LogP contribution in [0.15, 0.2) is 0 Å². The van der Waals surface area contributed by atoms with Gasteiger partial charge in [-0.25, -0.2) is 8.42 Å². The van der Waals surface area contributed by atoms with Gasteiger partial charge in [-0.3, -0.25) is 9.59 Å². The van der Waals surface area contributed by atoms with Crippen LogP contribution in [0.3, 0.4) is 0 Å². The van der Waals surface area contributed by atoms with Gasteiger partial charge in [-0.1, -0.05) is 13.8 Å². The van der Waals surface area contributed by atoms with Gasteiger partial charge in [0.1, 0.15) is 5.78 Å². The summed E-state index contributed by atoms with van der Waals surface area (Å²) in [6.07, 6.45) is 3.33. The van der Waals surface area contributed by atoms with E-state index in [0.717, 1.165) is 6.42 Å². The first-order valence-electron chi connectivity index (χ1n) is 8.83.